The van der Waals surface area contributed by atoms with Crippen molar-refractivity contribution in [1.29, 1.82) is 0 Å². The van der Waals surface area contributed by atoms with Crippen LogP contribution in [0, 0.1) is 0 Å². The molecule has 0 unspecified atom stereocenters. The Balaban J connectivity index is 1.63. The highest BCUT2D eigenvalue weighted by Crippen LogP contribution is 2.22. The van der Waals surface area contributed by atoms with Gasteiger partial charge in [-0.2, -0.15) is 0 Å². The van der Waals surface area contributed by atoms with E-state index in [-0.39, 0.29) is 0 Å². The van der Waals surface area contributed by atoms with E-state index in [2.05, 4.69) is 45.1 Å². The molecule has 3 nitrogen and oxygen atoms in total. The minimum Gasteiger partial charge on any atom is -0.340 e. The number of nitrogens with zero attached hydrogens (tertiary/aromatic N) is 3. The second-order valence-electron chi connectivity index (χ2n) is 5.01. The third kappa shape index (κ3) is 4.03. The van der Waals surface area contributed by atoms with Crippen molar-refractivity contribution in [2.45, 2.75) is 13.1 Å². The largest absolute Gasteiger partial charge is 0.340 e. The average Bonchev–Trinajstić information content (AvgIpc) is 2.53. The summed E-state index contributed by atoms with van der Waals surface area (Å²) in [5, 5.41) is 0. The number of rotatable bonds is 4. The number of thioether (sulfide) groups is 1. The van der Waals surface area contributed by atoms with E-state index in [1.54, 1.807) is 11.8 Å². The van der Waals surface area contributed by atoms with Gasteiger partial charge in [-0.15, -0.1) is 0 Å². The van der Waals surface area contributed by atoms with Crippen LogP contribution in [-0.2, 0) is 13.1 Å². The summed E-state index contributed by atoms with van der Waals surface area (Å²) in [7, 11) is 0. The summed E-state index contributed by atoms with van der Waals surface area (Å²) in [6.07, 6.45) is 1.85. The molecular formula is C16H17N3S2. The van der Waals surface area contributed by atoms with Gasteiger partial charge >= 0.3 is 0 Å². The molecule has 0 amide bonds. The molecule has 0 radical (unpaired) electrons. The number of pyridine rings is 1. The van der Waals surface area contributed by atoms with Crippen molar-refractivity contribution in [2.24, 2.45) is 0 Å². The summed E-state index contributed by atoms with van der Waals surface area (Å²) in [5.74, 6) is 0.931. The van der Waals surface area contributed by atoms with E-state index in [1.807, 2.05) is 24.4 Å². The Morgan fingerprint density at radius 1 is 1.05 bits per heavy atom. The molecule has 1 saturated heterocycles. The molecule has 0 atom stereocenters. The lowest BCUT2D eigenvalue weighted by Gasteiger charge is -2.36. The van der Waals surface area contributed by atoms with Crippen molar-refractivity contribution in [3.05, 3.63) is 66.0 Å². The molecule has 0 aliphatic carbocycles. The number of benzene rings is 1. The molecule has 21 heavy (non-hydrogen) atoms. The van der Waals surface area contributed by atoms with Gasteiger partial charge in [0, 0.05) is 19.3 Å². The van der Waals surface area contributed by atoms with Gasteiger partial charge in [0.1, 0.15) is 4.32 Å². The zero-order valence-electron chi connectivity index (χ0n) is 11.7. The highest BCUT2D eigenvalue weighted by molar-refractivity contribution is 8.22. The number of aromatic nitrogens is 1. The van der Waals surface area contributed by atoms with Gasteiger partial charge in [0.05, 0.1) is 18.2 Å². The van der Waals surface area contributed by atoms with E-state index < -0.39 is 0 Å². The van der Waals surface area contributed by atoms with Gasteiger partial charge in [-0.25, -0.2) is 0 Å². The topological polar surface area (TPSA) is 19.4 Å². The normalized spacial score (nSPS) is 16.2. The lowest BCUT2D eigenvalue weighted by Crippen LogP contribution is -2.43. The monoisotopic (exact) mass is 315 g/mol. The van der Waals surface area contributed by atoms with Crippen LogP contribution < -0.4 is 0 Å². The van der Waals surface area contributed by atoms with Crippen molar-refractivity contribution in [3.8, 4) is 0 Å². The van der Waals surface area contributed by atoms with Crippen LogP contribution in [0.15, 0.2) is 54.7 Å². The van der Waals surface area contributed by atoms with Gasteiger partial charge in [-0.1, -0.05) is 60.4 Å². The first-order valence-electron chi connectivity index (χ1n) is 6.89. The summed E-state index contributed by atoms with van der Waals surface area (Å²) < 4.78 is 0.983. The summed E-state index contributed by atoms with van der Waals surface area (Å²) in [6, 6.07) is 16.5. The van der Waals surface area contributed by atoms with E-state index in [1.165, 1.54) is 5.56 Å². The average molecular weight is 315 g/mol. The maximum Gasteiger partial charge on any atom is 0.138 e. The van der Waals surface area contributed by atoms with Crippen LogP contribution in [0.1, 0.15) is 11.3 Å². The van der Waals surface area contributed by atoms with Crippen molar-refractivity contribution >= 4 is 28.3 Å². The molecule has 2 aromatic rings. The Bertz CT molecular complexity index is 589. The Morgan fingerprint density at radius 2 is 1.86 bits per heavy atom. The molecule has 5 heteroatoms. The predicted octanol–water partition coefficient (Wildman–Crippen LogP) is 3.33. The van der Waals surface area contributed by atoms with Crippen LogP contribution in [0.5, 0.6) is 0 Å². The zero-order valence-corrected chi connectivity index (χ0v) is 13.3. The first-order valence-corrected chi connectivity index (χ1v) is 8.28. The number of thiocarbonyl (C=S) groups is 1. The smallest absolute Gasteiger partial charge is 0.138 e. The van der Waals surface area contributed by atoms with Crippen LogP contribution in [0.25, 0.3) is 0 Å². The quantitative estimate of drug-likeness (QED) is 0.804. The van der Waals surface area contributed by atoms with E-state index >= 15 is 0 Å². The molecule has 1 aromatic carbocycles. The van der Waals surface area contributed by atoms with Gasteiger partial charge in [0.2, 0.25) is 0 Å². The van der Waals surface area contributed by atoms with Crippen molar-refractivity contribution in [1.82, 2.24) is 14.8 Å². The van der Waals surface area contributed by atoms with E-state index in [4.69, 9.17) is 12.2 Å². The Kier molecular flexibility index (Phi) is 4.85. The second kappa shape index (κ2) is 7.02. The van der Waals surface area contributed by atoms with Crippen LogP contribution in [-0.4, -0.2) is 31.6 Å². The summed E-state index contributed by atoms with van der Waals surface area (Å²) in [6.45, 7) is 2.59. The Hall–Kier alpha value is -1.43. The standard InChI is InChI=1S/C16H17N3S2/c20-16-19(10-14-6-2-1-3-7-14)12-18(13-21-16)11-15-8-4-5-9-17-15/h1-9H,10-13H2. The second-order valence-corrected chi connectivity index (χ2v) is 6.59. The zero-order chi connectivity index (χ0) is 14.5. The number of hydrogen-bond acceptors (Lipinski definition) is 4. The molecule has 1 aliphatic rings. The predicted molar refractivity (Wildman–Crippen MR) is 91.7 cm³/mol. The van der Waals surface area contributed by atoms with Crippen LogP contribution >= 0.6 is 24.0 Å². The van der Waals surface area contributed by atoms with E-state index in [0.29, 0.717) is 0 Å². The lowest BCUT2D eigenvalue weighted by atomic mass is 10.2. The third-order valence-electron chi connectivity index (χ3n) is 3.33. The fourth-order valence-electron chi connectivity index (χ4n) is 2.31. The SMILES string of the molecule is S=C1SCN(Cc2ccccn2)CN1Cc1ccccc1. The van der Waals surface area contributed by atoms with Gasteiger partial charge < -0.3 is 4.90 Å². The number of hydrogen-bond donors (Lipinski definition) is 0. The van der Waals surface area contributed by atoms with E-state index in [9.17, 15) is 0 Å². The van der Waals surface area contributed by atoms with Crippen molar-refractivity contribution in [2.75, 3.05) is 12.5 Å². The van der Waals surface area contributed by atoms with Gasteiger partial charge in [0.15, 0.2) is 0 Å². The Labute approximate surface area is 135 Å². The molecule has 2 heterocycles. The highest BCUT2D eigenvalue weighted by Gasteiger charge is 2.21. The first kappa shape index (κ1) is 14.5. The fourth-order valence-corrected chi connectivity index (χ4v) is 3.36. The summed E-state index contributed by atoms with van der Waals surface area (Å²) in [5.41, 5.74) is 2.39. The molecule has 108 valence electrons. The van der Waals surface area contributed by atoms with Crippen molar-refractivity contribution in [3.63, 3.8) is 0 Å². The molecule has 3 rings (SSSR count). The van der Waals surface area contributed by atoms with Crippen LogP contribution in [0.2, 0.25) is 0 Å². The first-order chi connectivity index (χ1) is 10.3. The minimum atomic E-state index is 0.858. The molecule has 0 bridgehead atoms. The van der Waals surface area contributed by atoms with Gasteiger partial charge in [0.25, 0.3) is 0 Å². The summed E-state index contributed by atoms with van der Waals surface area (Å²) >= 11 is 7.22. The molecule has 0 N–H and O–H groups in total. The molecule has 0 spiro atoms. The van der Waals surface area contributed by atoms with Gasteiger partial charge in [-0.05, 0) is 17.7 Å². The molecule has 1 aromatic heterocycles. The third-order valence-corrected chi connectivity index (χ3v) is 4.94. The maximum atomic E-state index is 5.49. The molecule has 0 saturated carbocycles. The molecular weight excluding hydrogens is 298 g/mol. The maximum absolute atomic E-state index is 5.49. The minimum absolute atomic E-state index is 0.858. The van der Waals surface area contributed by atoms with Crippen LogP contribution in [0.3, 0.4) is 0 Å². The molecule has 1 aliphatic heterocycles. The fraction of sp³-hybridized carbons (Fsp3) is 0.250. The van der Waals surface area contributed by atoms with Crippen molar-refractivity contribution < 1.29 is 0 Å². The van der Waals surface area contributed by atoms with Crippen LogP contribution in [0.4, 0.5) is 0 Å². The van der Waals surface area contributed by atoms with E-state index in [0.717, 1.165) is 35.6 Å². The molecule has 1 fully saturated rings. The lowest BCUT2D eigenvalue weighted by molar-refractivity contribution is 0.199. The summed E-state index contributed by atoms with van der Waals surface area (Å²) in [4.78, 5) is 9.02. The van der Waals surface area contributed by atoms with Gasteiger partial charge in [-0.3, -0.25) is 9.88 Å². The Morgan fingerprint density at radius 3 is 2.62 bits per heavy atom. The highest BCUT2D eigenvalue weighted by atomic mass is 32.2.